The van der Waals surface area contributed by atoms with Gasteiger partial charge in [-0.15, -0.1) is 0 Å². The van der Waals surface area contributed by atoms with Crippen molar-refractivity contribution in [2.45, 2.75) is 30.4 Å². The molecule has 1 aliphatic heterocycles. The van der Waals surface area contributed by atoms with E-state index in [0.29, 0.717) is 39.8 Å². The third-order valence-electron chi connectivity index (χ3n) is 6.25. The van der Waals surface area contributed by atoms with E-state index in [1.165, 1.54) is 34.6 Å². The molecule has 0 unspecified atom stereocenters. The first-order valence-electron chi connectivity index (χ1n) is 11.9. The van der Waals surface area contributed by atoms with Gasteiger partial charge in [0, 0.05) is 30.4 Å². The van der Waals surface area contributed by atoms with Crippen molar-refractivity contribution >= 4 is 60.5 Å². The molecule has 3 aromatic carbocycles. The van der Waals surface area contributed by atoms with E-state index >= 15 is 0 Å². The van der Waals surface area contributed by atoms with E-state index in [4.69, 9.17) is 23.2 Å². The maximum atomic E-state index is 12.9. The zero-order valence-corrected chi connectivity index (χ0v) is 23.7. The maximum Gasteiger partial charge on any atom is 0.261 e. The van der Waals surface area contributed by atoms with Crippen molar-refractivity contribution in [1.82, 2.24) is 4.31 Å². The number of aryl methyl sites for hydroxylation is 1. The Bertz CT molecular complexity index is 1540. The summed E-state index contributed by atoms with van der Waals surface area (Å²) in [5, 5.41) is 3.45. The Labute approximate surface area is 233 Å². The van der Waals surface area contributed by atoms with Crippen LogP contribution in [0, 0.1) is 12.8 Å². The zero-order chi connectivity index (χ0) is 27.5. The van der Waals surface area contributed by atoms with Gasteiger partial charge in [0.2, 0.25) is 15.9 Å². The Kier molecular flexibility index (Phi) is 8.68. The van der Waals surface area contributed by atoms with Gasteiger partial charge in [0.25, 0.3) is 10.0 Å². The minimum atomic E-state index is -3.78. The monoisotopic (exact) mass is 595 g/mol. The number of amides is 1. The third-order valence-corrected chi connectivity index (χ3v) is 10.2. The molecule has 38 heavy (non-hydrogen) atoms. The van der Waals surface area contributed by atoms with Crippen molar-refractivity contribution < 1.29 is 21.6 Å². The molecular formula is C26H27Cl2N3O5S2. The highest BCUT2D eigenvalue weighted by Crippen LogP contribution is 2.27. The zero-order valence-electron chi connectivity index (χ0n) is 20.5. The van der Waals surface area contributed by atoms with Crippen LogP contribution in [0.25, 0.3) is 0 Å². The predicted molar refractivity (Wildman–Crippen MR) is 150 cm³/mol. The van der Waals surface area contributed by atoms with Gasteiger partial charge in [-0.2, -0.15) is 0 Å². The van der Waals surface area contributed by atoms with Crippen LogP contribution in [-0.4, -0.2) is 40.1 Å². The molecular weight excluding hydrogens is 569 g/mol. The van der Waals surface area contributed by atoms with Crippen molar-refractivity contribution in [3.8, 4) is 0 Å². The summed E-state index contributed by atoms with van der Waals surface area (Å²) in [7, 11) is -7.36. The second-order valence-electron chi connectivity index (χ2n) is 9.17. The van der Waals surface area contributed by atoms with Crippen LogP contribution < -0.4 is 10.0 Å². The third kappa shape index (κ3) is 7.06. The highest BCUT2D eigenvalue weighted by molar-refractivity contribution is 7.92. The second-order valence-corrected chi connectivity index (χ2v) is 13.6. The first-order chi connectivity index (χ1) is 17.9. The normalized spacial score (nSPS) is 15.2. The fourth-order valence-electron chi connectivity index (χ4n) is 4.21. The van der Waals surface area contributed by atoms with E-state index in [-0.39, 0.29) is 35.6 Å². The fourth-order valence-corrected chi connectivity index (χ4v) is 7.13. The van der Waals surface area contributed by atoms with E-state index in [9.17, 15) is 21.6 Å². The molecule has 0 spiro atoms. The molecule has 8 nitrogen and oxygen atoms in total. The van der Waals surface area contributed by atoms with E-state index in [2.05, 4.69) is 10.0 Å². The number of anilines is 2. The number of carbonyl (C=O) groups is 1. The molecule has 1 aliphatic rings. The highest BCUT2D eigenvalue weighted by Gasteiger charge is 2.31. The molecule has 202 valence electrons. The van der Waals surface area contributed by atoms with E-state index in [0.717, 1.165) is 5.56 Å². The number of piperidine rings is 1. The summed E-state index contributed by atoms with van der Waals surface area (Å²) in [5.41, 5.74) is 2.39. The summed E-state index contributed by atoms with van der Waals surface area (Å²) in [4.78, 5) is 12.9. The van der Waals surface area contributed by atoms with Crippen LogP contribution in [0.15, 0.2) is 71.6 Å². The quantitative estimate of drug-likeness (QED) is 0.367. The first-order valence-corrected chi connectivity index (χ1v) is 15.7. The molecule has 1 fully saturated rings. The number of nitrogens with one attached hydrogen (secondary N) is 2. The average molecular weight is 597 g/mol. The van der Waals surface area contributed by atoms with E-state index < -0.39 is 20.0 Å². The molecule has 0 aromatic heterocycles. The summed E-state index contributed by atoms with van der Waals surface area (Å²) in [5.74, 6) is -0.799. The topological polar surface area (TPSA) is 113 Å². The number of hydrogen-bond donors (Lipinski definition) is 2. The number of sulfonamides is 2. The van der Waals surface area contributed by atoms with Crippen LogP contribution in [0.5, 0.6) is 0 Å². The lowest BCUT2D eigenvalue weighted by Crippen LogP contribution is -2.41. The van der Waals surface area contributed by atoms with Crippen LogP contribution in [0.3, 0.4) is 0 Å². The minimum Gasteiger partial charge on any atom is -0.326 e. The number of benzene rings is 3. The average Bonchev–Trinajstić information content (AvgIpc) is 2.86. The Morgan fingerprint density at radius 1 is 0.895 bits per heavy atom. The van der Waals surface area contributed by atoms with Crippen LogP contribution in [0.4, 0.5) is 11.4 Å². The SMILES string of the molecule is Cc1cccc(NS(=O)(=O)c2ccc(NC(=O)C3CCN(S(=O)(=O)Cc4ccc(Cl)c(Cl)c4)CC3)cc2)c1. The number of nitrogens with zero attached hydrogens (tertiary/aromatic N) is 1. The smallest absolute Gasteiger partial charge is 0.261 e. The number of rotatable bonds is 8. The predicted octanol–water partition coefficient (Wildman–Crippen LogP) is 5.28. The Hall–Kier alpha value is -2.63. The molecule has 0 aliphatic carbocycles. The Morgan fingerprint density at radius 2 is 1.58 bits per heavy atom. The van der Waals surface area contributed by atoms with Crippen molar-refractivity contribution in [2.75, 3.05) is 23.1 Å². The van der Waals surface area contributed by atoms with Gasteiger partial charge < -0.3 is 5.32 Å². The number of halogens is 2. The molecule has 0 saturated carbocycles. The summed E-state index contributed by atoms with van der Waals surface area (Å²) in [6.45, 7) is 2.32. The number of carbonyl (C=O) groups excluding carboxylic acids is 1. The Morgan fingerprint density at radius 3 is 2.21 bits per heavy atom. The standard InChI is InChI=1S/C26H27Cl2N3O5S2/c1-18-3-2-4-22(15-18)30-38(35,36)23-8-6-21(7-9-23)29-26(32)20-11-13-31(14-12-20)37(33,34)17-19-5-10-24(27)25(28)16-19/h2-10,15-16,20,30H,11-14,17H2,1H3,(H,29,32). The van der Waals surface area contributed by atoms with Crippen LogP contribution in [-0.2, 0) is 30.6 Å². The minimum absolute atomic E-state index is 0.0671. The van der Waals surface area contributed by atoms with E-state index in [1.54, 1.807) is 30.3 Å². The molecule has 1 heterocycles. The molecule has 1 saturated heterocycles. The molecule has 3 aromatic rings. The van der Waals surface area contributed by atoms with Crippen LogP contribution in [0.2, 0.25) is 10.0 Å². The molecule has 0 radical (unpaired) electrons. The highest BCUT2D eigenvalue weighted by atomic mass is 35.5. The van der Waals surface area contributed by atoms with Gasteiger partial charge in [0.05, 0.1) is 20.7 Å². The van der Waals surface area contributed by atoms with Gasteiger partial charge in [0.15, 0.2) is 0 Å². The Balaban J connectivity index is 1.31. The van der Waals surface area contributed by atoms with Gasteiger partial charge in [-0.25, -0.2) is 21.1 Å². The molecule has 1 amide bonds. The van der Waals surface area contributed by atoms with Crippen molar-refractivity contribution in [1.29, 1.82) is 0 Å². The first kappa shape index (κ1) is 28.4. The van der Waals surface area contributed by atoms with Gasteiger partial charge in [-0.05, 0) is 79.4 Å². The van der Waals surface area contributed by atoms with Crippen LogP contribution in [0.1, 0.15) is 24.0 Å². The second kappa shape index (κ2) is 11.6. The maximum absolute atomic E-state index is 12.9. The lowest BCUT2D eigenvalue weighted by molar-refractivity contribution is -0.120. The van der Waals surface area contributed by atoms with E-state index in [1.807, 2.05) is 13.0 Å². The summed E-state index contributed by atoms with van der Waals surface area (Å²) < 4.78 is 55.0. The van der Waals surface area contributed by atoms with Crippen molar-refractivity contribution in [3.63, 3.8) is 0 Å². The summed E-state index contributed by atoms with van der Waals surface area (Å²) in [6.07, 6.45) is 0.749. The number of hydrogen-bond acceptors (Lipinski definition) is 5. The van der Waals surface area contributed by atoms with Crippen molar-refractivity contribution in [2.24, 2.45) is 5.92 Å². The van der Waals surface area contributed by atoms with Gasteiger partial charge in [-0.1, -0.05) is 41.4 Å². The molecule has 12 heteroatoms. The summed E-state index contributed by atoms with van der Waals surface area (Å²) >= 11 is 11.9. The molecule has 4 rings (SSSR count). The molecule has 0 bridgehead atoms. The van der Waals surface area contributed by atoms with Crippen LogP contribution >= 0.6 is 23.2 Å². The lowest BCUT2D eigenvalue weighted by Gasteiger charge is -2.30. The fraction of sp³-hybridized carbons (Fsp3) is 0.269. The van der Waals surface area contributed by atoms with Gasteiger partial charge >= 0.3 is 0 Å². The lowest BCUT2D eigenvalue weighted by atomic mass is 9.97. The summed E-state index contributed by atoms with van der Waals surface area (Å²) in [6, 6.07) is 17.7. The molecule has 0 atom stereocenters. The molecule has 2 N–H and O–H groups in total. The largest absolute Gasteiger partial charge is 0.326 e. The van der Waals surface area contributed by atoms with Gasteiger partial charge in [-0.3, -0.25) is 9.52 Å². The van der Waals surface area contributed by atoms with Gasteiger partial charge in [0.1, 0.15) is 0 Å². The van der Waals surface area contributed by atoms with Crippen molar-refractivity contribution in [3.05, 3.63) is 87.9 Å².